The van der Waals surface area contributed by atoms with E-state index in [1.165, 1.54) is 5.56 Å². The third-order valence-electron chi connectivity index (χ3n) is 4.45. The Kier molecular flexibility index (Phi) is 4.27. The SMILES string of the molecule is Cc1cccc(CC(=O)N(C)C[C@@H]2CCn3ccnc3C2)c1. The topological polar surface area (TPSA) is 38.1 Å². The van der Waals surface area contributed by atoms with E-state index in [4.69, 9.17) is 0 Å². The summed E-state index contributed by atoms with van der Waals surface area (Å²) in [7, 11) is 1.92. The summed E-state index contributed by atoms with van der Waals surface area (Å²) in [5, 5.41) is 0. The van der Waals surface area contributed by atoms with Crippen molar-refractivity contribution in [3.63, 3.8) is 0 Å². The van der Waals surface area contributed by atoms with Crippen LogP contribution in [0, 0.1) is 12.8 Å². The molecule has 0 N–H and O–H groups in total. The molecular weight excluding hydrogens is 274 g/mol. The standard InChI is InChI=1S/C18H23N3O/c1-14-4-3-5-15(10-14)12-18(22)20(2)13-16-6-8-21-9-7-19-17(21)11-16/h3-5,7,9-10,16H,6,8,11-13H2,1-2H3/t16-/m1/s1. The summed E-state index contributed by atoms with van der Waals surface area (Å²) in [6.45, 7) is 3.89. The molecule has 1 aromatic heterocycles. The van der Waals surface area contributed by atoms with Crippen LogP contribution in [-0.2, 0) is 24.2 Å². The van der Waals surface area contributed by atoms with Gasteiger partial charge in [0.1, 0.15) is 5.82 Å². The minimum absolute atomic E-state index is 0.194. The van der Waals surface area contributed by atoms with E-state index in [2.05, 4.69) is 28.6 Å². The van der Waals surface area contributed by atoms with E-state index in [-0.39, 0.29) is 5.91 Å². The van der Waals surface area contributed by atoms with E-state index >= 15 is 0 Å². The average molecular weight is 297 g/mol. The van der Waals surface area contributed by atoms with Crippen molar-refractivity contribution < 1.29 is 4.79 Å². The van der Waals surface area contributed by atoms with Crippen molar-refractivity contribution in [2.45, 2.75) is 32.7 Å². The van der Waals surface area contributed by atoms with Crippen molar-refractivity contribution in [2.75, 3.05) is 13.6 Å². The molecule has 22 heavy (non-hydrogen) atoms. The van der Waals surface area contributed by atoms with Gasteiger partial charge >= 0.3 is 0 Å². The van der Waals surface area contributed by atoms with Crippen LogP contribution < -0.4 is 0 Å². The molecule has 0 saturated carbocycles. The van der Waals surface area contributed by atoms with Crippen LogP contribution >= 0.6 is 0 Å². The van der Waals surface area contributed by atoms with Crippen LogP contribution in [0.4, 0.5) is 0 Å². The minimum Gasteiger partial charge on any atom is -0.345 e. The molecule has 0 fully saturated rings. The average Bonchev–Trinajstić information content (AvgIpc) is 2.94. The first-order valence-corrected chi connectivity index (χ1v) is 7.91. The highest BCUT2D eigenvalue weighted by molar-refractivity contribution is 5.78. The van der Waals surface area contributed by atoms with Crippen LogP contribution in [0.3, 0.4) is 0 Å². The number of amides is 1. The normalized spacial score (nSPS) is 17.1. The summed E-state index contributed by atoms with van der Waals surface area (Å²) in [6.07, 6.45) is 6.47. The Labute approximate surface area is 131 Å². The quantitative estimate of drug-likeness (QED) is 0.869. The Hall–Kier alpha value is -2.10. The molecule has 1 amide bonds. The van der Waals surface area contributed by atoms with Crippen molar-refractivity contribution >= 4 is 5.91 Å². The van der Waals surface area contributed by atoms with E-state index < -0.39 is 0 Å². The first-order chi connectivity index (χ1) is 10.6. The molecule has 0 unspecified atom stereocenters. The number of carbonyl (C=O) groups is 1. The fraction of sp³-hybridized carbons (Fsp3) is 0.444. The first kappa shape index (κ1) is 14.8. The Morgan fingerprint density at radius 3 is 3.14 bits per heavy atom. The fourth-order valence-electron chi connectivity index (χ4n) is 3.19. The van der Waals surface area contributed by atoms with E-state index in [1.807, 2.05) is 36.5 Å². The number of benzene rings is 1. The van der Waals surface area contributed by atoms with E-state index in [1.54, 1.807) is 0 Å². The summed E-state index contributed by atoms with van der Waals surface area (Å²) < 4.78 is 2.21. The van der Waals surface area contributed by atoms with Gasteiger partial charge in [0, 0.05) is 39.0 Å². The van der Waals surface area contributed by atoms with Gasteiger partial charge in [-0.15, -0.1) is 0 Å². The first-order valence-electron chi connectivity index (χ1n) is 7.91. The number of fused-ring (bicyclic) bond motifs is 1. The molecule has 1 aromatic carbocycles. The Morgan fingerprint density at radius 1 is 1.45 bits per heavy atom. The molecule has 4 nitrogen and oxygen atoms in total. The second-order valence-corrected chi connectivity index (χ2v) is 6.34. The number of carbonyl (C=O) groups excluding carboxylic acids is 1. The van der Waals surface area contributed by atoms with Gasteiger partial charge in [-0.3, -0.25) is 4.79 Å². The van der Waals surface area contributed by atoms with Crippen LogP contribution in [0.1, 0.15) is 23.4 Å². The highest BCUT2D eigenvalue weighted by Crippen LogP contribution is 2.20. The molecule has 3 rings (SSSR count). The Bertz CT molecular complexity index is 662. The monoisotopic (exact) mass is 297 g/mol. The van der Waals surface area contributed by atoms with Crippen LogP contribution in [0.25, 0.3) is 0 Å². The summed E-state index contributed by atoms with van der Waals surface area (Å²) >= 11 is 0. The van der Waals surface area contributed by atoms with Gasteiger partial charge in [0.15, 0.2) is 0 Å². The predicted octanol–water partition coefficient (Wildman–Crippen LogP) is 2.46. The maximum absolute atomic E-state index is 12.4. The second-order valence-electron chi connectivity index (χ2n) is 6.34. The molecule has 2 heterocycles. The molecule has 0 radical (unpaired) electrons. The molecule has 116 valence electrons. The molecule has 0 saturated heterocycles. The third kappa shape index (κ3) is 3.38. The van der Waals surface area contributed by atoms with Gasteiger partial charge < -0.3 is 9.47 Å². The van der Waals surface area contributed by atoms with Gasteiger partial charge in [-0.1, -0.05) is 29.8 Å². The number of hydrogen-bond acceptors (Lipinski definition) is 2. The molecule has 1 aliphatic rings. The van der Waals surface area contributed by atoms with Crippen molar-refractivity contribution in [1.29, 1.82) is 0 Å². The maximum atomic E-state index is 12.4. The zero-order valence-electron chi connectivity index (χ0n) is 13.3. The van der Waals surface area contributed by atoms with E-state index in [0.29, 0.717) is 12.3 Å². The smallest absolute Gasteiger partial charge is 0.226 e. The van der Waals surface area contributed by atoms with Gasteiger partial charge in [-0.05, 0) is 24.8 Å². The van der Waals surface area contributed by atoms with Crippen LogP contribution in [0.5, 0.6) is 0 Å². The lowest BCUT2D eigenvalue weighted by Crippen LogP contribution is -2.35. The number of rotatable bonds is 4. The fourth-order valence-corrected chi connectivity index (χ4v) is 3.19. The van der Waals surface area contributed by atoms with Crippen LogP contribution in [-0.4, -0.2) is 34.0 Å². The maximum Gasteiger partial charge on any atom is 0.226 e. The number of imidazole rings is 1. The zero-order chi connectivity index (χ0) is 15.5. The highest BCUT2D eigenvalue weighted by atomic mass is 16.2. The molecule has 2 aromatic rings. The number of nitrogens with zero attached hydrogens (tertiary/aromatic N) is 3. The Balaban J connectivity index is 1.55. The van der Waals surface area contributed by atoms with Gasteiger partial charge in [-0.25, -0.2) is 4.98 Å². The molecule has 4 heteroatoms. The zero-order valence-corrected chi connectivity index (χ0v) is 13.3. The van der Waals surface area contributed by atoms with Crippen LogP contribution in [0.2, 0.25) is 0 Å². The largest absolute Gasteiger partial charge is 0.345 e. The van der Waals surface area contributed by atoms with Gasteiger partial charge in [0.05, 0.1) is 6.42 Å². The lowest BCUT2D eigenvalue weighted by Gasteiger charge is -2.28. The second kappa shape index (κ2) is 6.34. The van der Waals surface area contributed by atoms with Gasteiger partial charge in [0.25, 0.3) is 0 Å². The van der Waals surface area contributed by atoms with Crippen LogP contribution in [0.15, 0.2) is 36.7 Å². The summed E-state index contributed by atoms with van der Waals surface area (Å²) in [5.41, 5.74) is 2.29. The number of likely N-dealkylation sites (N-methyl/N-ethyl adjacent to an activating group) is 1. The predicted molar refractivity (Wildman–Crippen MR) is 86.6 cm³/mol. The lowest BCUT2D eigenvalue weighted by molar-refractivity contribution is -0.129. The molecule has 0 bridgehead atoms. The van der Waals surface area contributed by atoms with Gasteiger partial charge in [-0.2, -0.15) is 0 Å². The molecule has 0 aliphatic carbocycles. The lowest BCUT2D eigenvalue weighted by atomic mass is 9.97. The highest BCUT2D eigenvalue weighted by Gasteiger charge is 2.22. The van der Waals surface area contributed by atoms with E-state index in [9.17, 15) is 4.79 Å². The van der Waals surface area contributed by atoms with Crippen molar-refractivity contribution in [1.82, 2.24) is 14.5 Å². The molecular formula is C18H23N3O. The van der Waals surface area contributed by atoms with E-state index in [0.717, 1.165) is 37.3 Å². The minimum atomic E-state index is 0.194. The number of hydrogen-bond donors (Lipinski definition) is 0. The Morgan fingerprint density at radius 2 is 2.32 bits per heavy atom. The summed E-state index contributed by atoms with van der Waals surface area (Å²) in [6, 6.07) is 8.18. The van der Waals surface area contributed by atoms with Crippen molar-refractivity contribution in [2.24, 2.45) is 5.92 Å². The number of aromatic nitrogens is 2. The summed E-state index contributed by atoms with van der Waals surface area (Å²) in [4.78, 5) is 18.7. The van der Waals surface area contributed by atoms with Gasteiger partial charge in [0.2, 0.25) is 5.91 Å². The molecule has 0 spiro atoms. The number of aryl methyl sites for hydroxylation is 2. The van der Waals surface area contributed by atoms with Crippen molar-refractivity contribution in [3.8, 4) is 0 Å². The summed E-state index contributed by atoms with van der Waals surface area (Å²) in [5.74, 6) is 1.86. The molecule has 1 aliphatic heterocycles. The third-order valence-corrected chi connectivity index (χ3v) is 4.45. The van der Waals surface area contributed by atoms with Crippen molar-refractivity contribution in [3.05, 3.63) is 53.6 Å². The molecule has 1 atom stereocenters.